The Morgan fingerprint density at radius 2 is 2.21 bits per heavy atom. The van der Waals surface area contributed by atoms with Crippen LogP contribution in [0.5, 0.6) is 0 Å². The first kappa shape index (κ1) is 13.0. The van der Waals surface area contributed by atoms with E-state index in [2.05, 4.69) is 28.3 Å². The zero-order valence-corrected chi connectivity index (χ0v) is 12.0. The van der Waals surface area contributed by atoms with Crippen molar-refractivity contribution >= 4 is 0 Å². The van der Waals surface area contributed by atoms with Gasteiger partial charge >= 0.3 is 0 Å². The molecule has 2 fully saturated rings. The van der Waals surface area contributed by atoms with Gasteiger partial charge in [-0.1, -0.05) is 0 Å². The third-order valence-corrected chi connectivity index (χ3v) is 4.38. The molecule has 1 saturated carbocycles. The van der Waals surface area contributed by atoms with Gasteiger partial charge in [-0.25, -0.2) is 9.97 Å². The first-order chi connectivity index (χ1) is 9.29. The van der Waals surface area contributed by atoms with Crippen LogP contribution in [0.25, 0.3) is 0 Å². The zero-order valence-electron chi connectivity index (χ0n) is 12.0. The second kappa shape index (κ2) is 5.55. The molecule has 2 aliphatic rings. The Morgan fingerprint density at radius 3 is 2.89 bits per heavy atom. The summed E-state index contributed by atoms with van der Waals surface area (Å²) in [7, 11) is 2.05. The molecule has 0 bridgehead atoms. The predicted octanol–water partition coefficient (Wildman–Crippen LogP) is 1.92. The van der Waals surface area contributed by atoms with Crippen molar-refractivity contribution in [2.45, 2.75) is 44.7 Å². The van der Waals surface area contributed by atoms with Gasteiger partial charge in [0.25, 0.3) is 0 Å². The molecule has 1 aliphatic heterocycles. The highest BCUT2D eigenvalue weighted by Gasteiger charge is 2.40. The Labute approximate surface area is 115 Å². The van der Waals surface area contributed by atoms with Crippen LogP contribution in [0.15, 0.2) is 12.3 Å². The summed E-state index contributed by atoms with van der Waals surface area (Å²) in [5, 5.41) is 3.36. The molecule has 104 valence electrons. The maximum Gasteiger partial charge on any atom is 0.125 e. The van der Waals surface area contributed by atoms with Crippen molar-refractivity contribution in [1.29, 1.82) is 0 Å². The van der Waals surface area contributed by atoms with Crippen molar-refractivity contribution in [1.82, 2.24) is 20.2 Å². The van der Waals surface area contributed by atoms with Crippen molar-refractivity contribution in [2.24, 2.45) is 5.92 Å². The SMILES string of the molecule is CNCC1CCCN(C2CC2)C1c1ccnc(C)n1. The fourth-order valence-corrected chi connectivity index (χ4v) is 3.45. The van der Waals surface area contributed by atoms with Crippen LogP contribution >= 0.6 is 0 Å². The first-order valence-electron chi connectivity index (χ1n) is 7.49. The lowest BCUT2D eigenvalue weighted by atomic mass is 9.86. The molecule has 3 rings (SSSR count). The monoisotopic (exact) mass is 260 g/mol. The minimum absolute atomic E-state index is 0.482. The lowest BCUT2D eigenvalue weighted by Gasteiger charge is -2.41. The van der Waals surface area contributed by atoms with Gasteiger partial charge in [-0.15, -0.1) is 0 Å². The van der Waals surface area contributed by atoms with Crippen molar-refractivity contribution in [3.63, 3.8) is 0 Å². The zero-order chi connectivity index (χ0) is 13.2. The fraction of sp³-hybridized carbons (Fsp3) is 0.733. The summed E-state index contributed by atoms with van der Waals surface area (Å²) in [4.78, 5) is 11.7. The number of likely N-dealkylation sites (tertiary alicyclic amines) is 1. The summed E-state index contributed by atoms with van der Waals surface area (Å²) < 4.78 is 0. The molecule has 19 heavy (non-hydrogen) atoms. The third kappa shape index (κ3) is 2.79. The molecule has 2 heterocycles. The normalized spacial score (nSPS) is 28.5. The Morgan fingerprint density at radius 1 is 1.37 bits per heavy atom. The number of rotatable bonds is 4. The Kier molecular flexibility index (Phi) is 3.80. The lowest BCUT2D eigenvalue weighted by Crippen LogP contribution is -2.43. The van der Waals surface area contributed by atoms with Crippen molar-refractivity contribution in [2.75, 3.05) is 20.1 Å². The van der Waals surface area contributed by atoms with Gasteiger partial charge in [0, 0.05) is 12.2 Å². The van der Waals surface area contributed by atoms with Gasteiger partial charge in [-0.05, 0) is 64.7 Å². The van der Waals surface area contributed by atoms with Gasteiger partial charge in [0.05, 0.1) is 11.7 Å². The first-order valence-corrected chi connectivity index (χ1v) is 7.49. The molecule has 0 spiro atoms. The molecule has 1 N–H and O–H groups in total. The van der Waals surface area contributed by atoms with Crippen LogP contribution in [0, 0.1) is 12.8 Å². The summed E-state index contributed by atoms with van der Waals surface area (Å²) in [6.45, 7) is 4.30. The quantitative estimate of drug-likeness (QED) is 0.898. The Balaban J connectivity index is 1.89. The molecule has 0 amide bonds. The molecule has 1 aromatic heterocycles. The molecular formula is C15H24N4. The van der Waals surface area contributed by atoms with E-state index in [1.54, 1.807) is 0 Å². The summed E-state index contributed by atoms with van der Waals surface area (Å²) >= 11 is 0. The van der Waals surface area contributed by atoms with E-state index in [0.717, 1.165) is 18.4 Å². The van der Waals surface area contributed by atoms with Crippen molar-refractivity contribution in [3.8, 4) is 0 Å². The van der Waals surface area contributed by atoms with Crippen LogP contribution < -0.4 is 5.32 Å². The van der Waals surface area contributed by atoms with E-state index in [1.807, 2.05) is 13.1 Å². The second-order valence-electron chi connectivity index (χ2n) is 5.90. The molecule has 2 unspecified atom stereocenters. The average molecular weight is 260 g/mol. The van der Waals surface area contributed by atoms with E-state index in [1.165, 1.54) is 37.9 Å². The average Bonchev–Trinajstić information content (AvgIpc) is 3.23. The molecule has 4 nitrogen and oxygen atoms in total. The number of nitrogens with zero attached hydrogens (tertiary/aromatic N) is 3. The number of aromatic nitrogens is 2. The van der Waals surface area contributed by atoms with Crippen molar-refractivity contribution < 1.29 is 0 Å². The molecule has 2 atom stereocenters. The fourth-order valence-electron chi connectivity index (χ4n) is 3.45. The highest BCUT2D eigenvalue weighted by molar-refractivity contribution is 5.12. The minimum atomic E-state index is 0.482. The molecule has 0 radical (unpaired) electrons. The number of hydrogen-bond donors (Lipinski definition) is 1. The molecular weight excluding hydrogens is 236 g/mol. The largest absolute Gasteiger partial charge is 0.319 e. The molecule has 0 aromatic carbocycles. The minimum Gasteiger partial charge on any atom is -0.319 e. The highest BCUT2D eigenvalue weighted by Crippen LogP contribution is 2.41. The molecule has 1 aromatic rings. The van der Waals surface area contributed by atoms with E-state index in [4.69, 9.17) is 4.98 Å². The second-order valence-corrected chi connectivity index (χ2v) is 5.90. The number of aryl methyl sites for hydroxylation is 1. The topological polar surface area (TPSA) is 41.0 Å². The van der Waals surface area contributed by atoms with Crippen LogP contribution in [0.1, 0.15) is 43.2 Å². The highest BCUT2D eigenvalue weighted by atomic mass is 15.2. The summed E-state index contributed by atoms with van der Waals surface area (Å²) in [6.07, 6.45) is 7.27. The van der Waals surface area contributed by atoms with Crippen LogP contribution in [-0.4, -0.2) is 41.0 Å². The third-order valence-electron chi connectivity index (χ3n) is 4.38. The van der Waals surface area contributed by atoms with E-state index in [-0.39, 0.29) is 0 Å². The number of hydrogen-bond acceptors (Lipinski definition) is 4. The van der Waals surface area contributed by atoms with Gasteiger partial charge in [-0.2, -0.15) is 0 Å². The molecule has 4 heteroatoms. The lowest BCUT2D eigenvalue weighted by molar-refractivity contribution is 0.0814. The summed E-state index contributed by atoms with van der Waals surface area (Å²) in [6, 6.07) is 3.40. The van der Waals surface area contributed by atoms with Crippen LogP contribution in [0.2, 0.25) is 0 Å². The summed E-state index contributed by atoms with van der Waals surface area (Å²) in [5.41, 5.74) is 1.22. The van der Waals surface area contributed by atoms with Crippen LogP contribution in [-0.2, 0) is 0 Å². The maximum atomic E-state index is 4.71. The van der Waals surface area contributed by atoms with Gasteiger partial charge in [0.2, 0.25) is 0 Å². The molecule has 1 aliphatic carbocycles. The van der Waals surface area contributed by atoms with Crippen LogP contribution in [0.3, 0.4) is 0 Å². The van der Waals surface area contributed by atoms with Crippen molar-refractivity contribution in [3.05, 3.63) is 23.8 Å². The van der Waals surface area contributed by atoms with Gasteiger partial charge in [0.1, 0.15) is 5.82 Å². The van der Waals surface area contributed by atoms with Crippen LogP contribution in [0.4, 0.5) is 0 Å². The van der Waals surface area contributed by atoms with Gasteiger partial charge < -0.3 is 5.32 Å². The number of piperidine rings is 1. The van der Waals surface area contributed by atoms with E-state index < -0.39 is 0 Å². The number of nitrogens with one attached hydrogen (secondary N) is 1. The molecule has 1 saturated heterocycles. The predicted molar refractivity (Wildman–Crippen MR) is 75.9 cm³/mol. The van der Waals surface area contributed by atoms with Gasteiger partial charge in [-0.3, -0.25) is 4.90 Å². The van der Waals surface area contributed by atoms with E-state index >= 15 is 0 Å². The van der Waals surface area contributed by atoms with E-state index in [9.17, 15) is 0 Å². The standard InChI is InChI=1S/C15H24N4/c1-11-17-8-7-14(18-11)15-12(10-16-2)4-3-9-19(15)13-5-6-13/h7-8,12-13,15-16H,3-6,9-10H2,1-2H3. The Hall–Kier alpha value is -1.00. The van der Waals surface area contributed by atoms with Gasteiger partial charge in [0.15, 0.2) is 0 Å². The van der Waals surface area contributed by atoms with E-state index in [0.29, 0.717) is 12.0 Å². The maximum absolute atomic E-state index is 4.71. The summed E-state index contributed by atoms with van der Waals surface area (Å²) in [5.74, 6) is 1.57. The Bertz CT molecular complexity index is 428. The smallest absolute Gasteiger partial charge is 0.125 e.